The monoisotopic (exact) mass is 360 g/mol. The van der Waals surface area contributed by atoms with Crippen LogP contribution in [0.4, 0.5) is 4.39 Å². The van der Waals surface area contributed by atoms with Crippen molar-refractivity contribution in [2.75, 3.05) is 27.2 Å². The number of hydrogen-bond acceptors (Lipinski definition) is 5. The Kier molecular flexibility index (Phi) is 5.66. The van der Waals surface area contributed by atoms with Gasteiger partial charge in [0.15, 0.2) is 5.82 Å². The normalized spacial score (nSPS) is 16.9. The molecule has 0 saturated carbocycles. The molecule has 0 unspecified atom stereocenters. The van der Waals surface area contributed by atoms with Crippen LogP contribution in [0.5, 0.6) is 0 Å². The van der Waals surface area contributed by atoms with E-state index in [1.807, 2.05) is 23.9 Å². The lowest BCUT2D eigenvalue weighted by Gasteiger charge is -2.35. The van der Waals surface area contributed by atoms with Crippen molar-refractivity contribution in [2.45, 2.75) is 32.2 Å². The van der Waals surface area contributed by atoms with Crippen LogP contribution in [-0.2, 0) is 11.2 Å². The van der Waals surface area contributed by atoms with Crippen LogP contribution in [0.25, 0.3) is 0 Å². The first-order chi connectivity index (χ1) is 12.4. The summed E-state index contributed by atoms with van der Waals surface area (Å²) in [5.74, 6) is 1.55. The number of rotatable bonds is 5. The summed E-state index contributed by atoms with van der Waals surface area (Å²) in [6, 6.07) is 5.77. The molecule has 0 spiro atoms. The number of likely N-dealkylation sites (N-methyl/N-ethyl adjacent to an activating group) is 1. The van der Waals surface area contributed by atoms with Gasteiger partial charge in [-0.2, -0.15) is 4.98 Å². The SMILES string of the molecule is Cc1nc(CC2CCN(C(=O)[C@H](c3ccc(F)cc3)N(C)C)CC2)no1. The first kappa shape index (κ1) is 18.5. The fraction of sp³-hybridized carbons (Fsp3) is 0.526. The molecule has 0 aliphatic carbocycles. The predicted molar refractivity (Wildman–Crippen MR) is 94.9 cm³/mol. The molecule has 1 fully saturated rings. The molecule has 140 valence electrons. The molecular formula is C19H25FN4O2. The molecule has 26 heavy (non-hydrogen) atoms. The van der Waals surface area contributed by atoms with Gasteiger partial charge in [-0.25, -0.2) is 4.39 Å². The lowest BCUT2D eigenvalue weighted by molar-refractivity contribution is -0.137. The minimum Gasteiger partial charge on any atom is -0.341 e. The number of carbonyl (C=O) groups is 1. The van der Waals surface area contributed by atoms with Gasteiger partial charge in [-0.1, -0.05) is 17.3 Å². The Morgan fingerprint density at radius 2 is 1.96 bits per heavy atom. The number of nitrogens with zero attached hydrogens (tertiary/aromatic N) is 4. The highest BCUT2D eigenvalue weighted by atomic mass is 19.1. The lowest BCUT2D eigenvalue weighted by Crippen LogP contribution is -2.44. The molecule has 1 aliphatic rings. The molecule has 2 aromatic rings. The minimum absolute atomic E-state index is 0.0652. The van der Waals surface area contributed by atoms with E-state index in [1.54, 1.807) is 19.1 Å². The number of aromatic nitrogens is 2. The Bertz CT molecular complexity index is 736. The molecular weight excluding hydrogens is 335 g/mol. The highest BCUT2D eigenvalue weighted by Gasteiger charge is 2.31. The van der Waals surface area contributed by atoms with E-state index >= 15 is 0 Å². The number of amides is 1. The zero-order chi connectivity index (χ0) is 18.7. The number of likely N-dealkylation sites (tertiary alicyclic amines) is 1. The van der Waals surface area contributed by atoms with Gasteiger partial charge in [0, 0.05) is 26.4 Å². The largest absolute Gasteiger partial charge is 0.341 e. The van der Waals surface area contributed by atoms with E-state index < -0.39 is 6.04 Å². The summed E-state index contributed by atoms with van der Waals surface area (Å²) in [5.41, 5.74) is 0.811. The van der Waals surface area contributed by atoms with Gasteiger partial charge in [0.25, 0.3) is 0 Å². The van der Waals surface area contributed by atoms with Crippen molar-refractivity contribution < 1.29 is 13.7 Å². The molecule has 1 saturated heterocycles. The average molecular weight is 360 g/mol. The van der Waals surface area contributed by atoms with Gasteiger partial charge in [0.2, 0.25) is 11.8 Å². The van der Waals surface area contributed by atoms with E-state index in [4.69, 9.17) is 4.52 Å². The summed E-state index contributed by atoms with van der Waals surface area (Å²) in [6.07, 6.45) is 2.63. The van der Waals surface area contributed by atoms with Crippen LogP contribution in [0.15, 0.2) is 28.8 Å². The van der Waals surface area contributed by atoms with Crippen molar-refractivity contribution >= 4 is 5.91 Å². The van der Waals surface area contributed by atoms with Crippen molar-refractivity contribution in [3.8, 4) is 0 Å². The fourth-order valence-electron chi connectivity index (χ4n) is 3.52. The second kappa shape index (κ2) is 7.95. The highest BCUT2D eigenvalue weighted by molar-refractivity contribution is 5.83. The second-order valence-electron chi connectivity index (χ2n) is 7.12. The summed E-state index contributed by atoms with van der Waals surface area (Å²) < 4.78 is 18.2. The molecule has 1 atom stereocenters. The van der Waals surface area contributed by atoms with Crippen LogP contribution in [0, 0.1) is 18.7 Å². The van der Waals surface area contributed by atoms with Crippen LogP contribution in [-0.4, -0.2) is 53.0 Å². The van der Waals surface area contributed by atoms with Crippen molar-refractivity contribution in [1.29, 1.82) is 0 Å². The molecule has 1 amide bonds. The smallest absolute Gasteiger partial charge is 0.244 e. The summed E-state index contributed by atoms with van der Waals surface area (Å²) in [6.45, 7) is 3.21. The molecule has 1 aromatic carbocycles. The Morgan fingerprint density at radius 3 is 2.50 bits per heavy atom. The van der Waals surface area contributed by atoms with Gasteiger partial charge < -0.3 is 9.42 Å². The maximum absolute atomic E-state index is 13.2. The number of piperidine rings is 1. The van der Waals surface area contributed by atoms with E-state index in [0.717, 1.165) is 30.7 Å². The summed E-state index contributed by atoms with van der Waals surface area (Å²) in [7, 11) is 3.74. The Labute approximate surface area is 153 Å². The third-order valence-electron chi connectivity index (χ3n) is 4.90. The Hall–Kier alpha value is -2.28. The maximum atomic E-state index is 13.2. The molecule has 2 heterocycles. The van der Waals surface area contributed by atoms with Gasteiger partial charge in [-0.3, -0.25) is 9.69 Å². The molecule has 3 rings (SSSR count). The number of benzene rings is 1. The zero-order valence-electron chi connectivity index (χ0n) is 15.5. The van der Waals surface area contributed by atoms with Crippen molar-refractivity contribution in [2.24, 2.45) is 5.92 Å². The molecule has 0 N–H and O–H groups in total. The van der Waals surface area contributed by atoms with Gasteiger partial charge in [-0.15, -0.1) is 0 Å². The highest BCUT2D eigenvalue weighted by Crippen LogP contribution is 2.26. The number of carbonyl (C=O) groups excluding carboxylic acids is 1. The van der Waals surface area contributed by atoms with E-state index in [1.165, 1.54) is 12.1 Å². The molecule has 0 bridgehead atoms. The van der Waals surface area contributed by atoms with E-state index in [0.29, 0.717) is 24.9 Å². The number of hydrogen-bond donors (Lipinski definition) is 0. The zero-order valence-corrected chi connectivity index (χ0v) is 15.5. The Balaban J connectivity index is 1.61. The lowest BCUT2D eigenvalue weighted by atomic mass is 9.92. The minimum atomic E-state index is -0.396. The molecule has 1 aliphatic heterocycles. The molecule has 7 heteroatoms. The average Bonchev–Trinajstić information content (AvgIpc) is 3.02. The van der Waals surface area contributed by atoms with Crippen LogP contribution < -0.4 is 0 Å². The first-order valence-corrected chi connectivity index (χ1v) is 8.94. The van der Waals surface area contributed by atoms with E-state index in [2.05, 4.69) is 10.1 Å². The number of halogens is 1. The third kappa shape index (κ3) is 4.27. The van der Waals surface area contributed by atoms with Gasteiger partial charge >= 0.3 is 0 Å². The Morgan fingerprint density at radius 1 is 1.31 bits per heavy atom. The predicted octanol–water partition coefficient (Wildman–Crippen LogP) is 2.60. The second-order valence-corrected chi connectivity index (χ2v) is 7.12. The third-order valence-corrected chi connectivity index (χ3v) is 4.90. The first-order valence-electron chi connectivity index (χ1n) is 8.94. The topological polar surface area (TPSA) is 62.5 Å². The van der Waals surface area contributed by atoms with E-state index in [-0.39, 0.29) is 11.7 Å². The molecule has 0 radical (unpaired) electrons. The van der Waals surface area contributed by atoms with Crippen LogP contribution in [0.1, 0.15) is 36.2 Å². The van der Waals surface area contributed by atoms with Crippen LogP contribution in [0.2, 0.25) is 0 Å². The molecule has 6 nitrogen and oxygen atoms in total. The summed E-state index contributed by atoms with van der Waals surface area (Å²) in [5, 5.41) is 3.96. The van der Waals surface area contributed by atoms with Gasteiger partial charge in [0.05, 0.1) is 0 Å². The van der Waals surface area contributed by atoms with Crippen LogP contribution >= 0.6 is 0 Å². The van der Waals surface area contributed by atoms with Crippen molar-refractivity contribution in [3.63, 3.8) is 0 Å². The summed E-state index contributed by atoms with van der Waals surface area (Å²) >= 11 is 0. The van der Waals surface area contributed by atoms with Gasteiger partial charge in [-0.05, 0) is 50.6 Å². The maximum Gasteiger partial charge on any atom is 0.244 e. The van der Waals surface area contributed by atoms with Crippen molar-refractivity contribution in [1.82, 2.24) is 19.9 Å². The fourth-order valence-corrected chi connectivity index (χ4v) is 3.52. The van der Waals surface area contributed by atoms with Crippen molar-refractivity contribution in [3.05, 3.63) is 47.4 Å². The van der Waals surface area contributed by atoms with E-state index in [9.17, 15) is 9.18 Å². The van der Waals surface area contributed by atoms with Gasteiger partial charge in [0.1, 0.15) is 11.9 Å². The molecule has 1 aromatic heterocycles. The number of aryl methyl sites for hydroxylation is 1. The standard InChI is InChI=1S/C19H25FN4O2/c1-13-21-17(22-26-13)12-14-8-10-24(11-9-14)19(25)18(23(2)3)15-4-6-16(20)7-5-15/h4-7,14,18H,8-12H2,1-3H3/t18-/m0/s1. The quantitative estimate of drug-likeness (QED) is 0.820. The summed E-state index contributed by atoms with van der Waals surface area (Å²) in [4.78, 5) is 21.1. The van der Waals surface area contributed by atoms with Crippen LogP contribution in [0.3, 0.4) is 0 Å².